The largest absolute Gasteiger partial charge is 0.309 e. The summed E-state index contributed by atoms with van der Waals surface area (Å²) in [5, 5.41) is 3.43. The van der Waals surface area contributed by atoms with Crippen LogP contribution in [0.4, 0.5) is 4.39 Å². The molecule has 1 fully saturated rings. The quantitative estimate of drug-likeness (QED) is 0.788. The maximum Gasteiger partial charge on any atom is 0.128 e. The molecule has 1 aliphatic heterocycles. The first-order valence-corrected chi connectivity index (χ1v) is 6.48. The number of benzene rings is 1. The molecular weight excluding hydrogens is 209 g/mol. The zero-order chi connectivity index (χ0) is 10.7. The lowest BCUT2D eigenvalue weighted by atomic mass is 10.1. The van der Waals surface area contributed by atoms with Crippen LogP contribution in [0, 0.1) is 11.7 Å². The Labute approximate surface area is 94.5 Å². The zero-order valence-electron chi connectivity index (χ0n) is 8.87. The van der Waals surface area contributed by atoms with Crippen LogP contribution in [0.2, 0.25) is 0 Å². The highest BCUT2D eigenvalue weighted by Crippen LogP contribution is 2.25. The SMILES string of the molecule is CC1CNC(c2ccccc2F)CSC1. The molecule has 2 unspecified atom stereocenters. The Hall–Kier alpha value is -0.540. The molecule has 1 saturated heterocycles. The third kappa shape index (κ3) is 2.73. The molecule has 0 saturated carbocycles. The average Bonchev–Trinajstić information content (AvgIpc) is 2.44. The van der Waals surface area contributed by atoms with Crippen molar-refractivity contribution >= 4 is 11.8 Å². The maximum absolute atomic E-state index is 13.6. The Balaban J connectivity index is 2.13. The smallest absolute Gasteiger partial charge is 0.128 e. The molecule has 1 heterocycles. The normalized spacial score (nSPS) is 27.3. The minimum Gasteiger partial charge on any atom is -0.309 e. The molecule has 0 aromatic heterocycles. The molecule has 0 amide bonds. The van der Waals surface area contributed by atoms with E-state index in [1.54, 1.807) is 6.07 Å². The Bertz CT molecular complexity index is 329. The topological polar surface area (TPSA) is 12.0 Å². The lowest BCUT2D eigenvalue weighted by molar-refractivity contribution is 0.497. The van der Waals surface area contributed by atoms with Gasteiger partial charge in [-0.25, -0.2) is 4.39 Å². The van der Waals surface area contributed by atoms with Gasteiger partial charge in [0, 0.05) is 17.4 Å². The van der Waals surface area contributed by atoms with Gasteiger partial charge < -0.3 is 5.32 Å². The van der Waals surface area contributed by atoms with E-state index in [-0.39, 0.29) is 11.9 Å². The van der Waals surface area contributed by atoms with Crippen LogP contribution in [-0.4, -0.2) is 18.1 Å². The molecule has 15 heavy (non-hydrogen) atoms. The molecule has 1 aromatic rings. The van der Waals surface area contributed by atoms with Crippen LogP contribution in [0.5, 0.6) is 0 Å². The summed E-state index contributed by atoms with van der Waals surface area (Å²) >= 11 is 1.91. The predicted molar refractivity (Wildman–Crippen MR) is 63.6 cm³/mol. The van der Waals surface area contributed by atoms with E-state index < -0.39 is 0 Å². The highest BCUT2D eigenvalue weighted by molar-refractivity contribution is 7.99. The van der Waals surface area contributed by atoms with Gasteiger partial charge in [-0.15, -0.1) is 0 Å². The first-order chi connectivity index (χ1) is 7.27. The third-order valence-electron chi connectivity index (χ3n) is 2.68. The Morgan fingerprint density at radius 1 is 1.33 bits per heavy atom. The fourth-order valence-electron chi connectivity index (χ4n) is 1.81. The molecule has 82 valence electrons. The van der Waals surface area contributed by atoms with Gasteiger partial charge >= 0.3 is 0 Å². The summed E-state index contributed by atoms with van der Waals surface area (Å²) in [6.07, 6.45) is 0. The van der Waals surface area contributed by atoms with Crippen molar-refractivity contribution < 1.29 is 4.39 Å². The van der Waals surface area contributed by atoms with Gasteiger partial charge in [0.2, 0.25) is 0 Å². The number of hydrogen-bond donors (Lipinski definition) is 1. The van der Waals surface area contributed by atoms with E-state index in [0.29, 0.717) is 5.92 Å². The first kappa shape index (κ1) is 11.0. The minimum absolute atomic E-state index is 0.0925. The standard InChI is InChI=1S/C12H16FNS/c1-9-6-14-12(8-15-7-9)10-4-2-3-5-11(10)13/h2-5,9,12,14H,6-8H2,1H3. The van der Waals surface area contributed by atoms with E-state index in [4.69, 9.17) is 0 Å². The van der Waals surface area contributed by atoms with Crippen LogP contribution in [0.25, 0.3) is 0 Å². The van der Waals surface area contributed by atoms with E-state index in [2.05, 4.69) is 12.2 Å². The zero-order valence-corrected chi connectivity index (χ0v) is 9.69. The Morgan fingerprint density at radius 3 is 2.93 bits per heavy atom. The van der Waals surface area contributed by atoms with E-state index in [1.807, 2.05) is 23.9 Å². The Morgan fingerprint density at radius 2 is 2.13 bits per heavy atom. The molecule has 1 aromatic carbocycles. The number of rotatable bonds is 1. The predicted octanol–water partition coefficient (Wildman–Crippen LogP) is 2.84. The third-order valence-corrected chi connectivity index (χ3v) is 4.05. The highest BCUT2D eigenvalue weighted by atomic mass is 32.2. The van der Waals surface area contributed by atoms with Gasteiger partial charge in [-0.2, -0.15) is 11.8 Å². The fourth-order valence-corrected chi connectivity index (χ4v) is 3.00. The van der Waals surface area contributed by atoms with Gasteiger partial charge in [0.25, 0.3) is 0 Å². The summed E-state index contributed by atoms with van der Waals surface area (Å²) in [6.45, 7) is 3.20. The first-order valence-electron chi connectivity index (χ1n) is 5.33. The minimum atomic E-state index is -0.0925. The average molecular weight is 225 g/mol. The molecule has 2 atom stereocenters. The Kier molecular flexibility index (Phi) is 3.65. The maximum atomic E-state index is 13.6. The summed E-state index contributed by atoms with van der Waals surface area (Å²) in [4.78, 5) is 0. The molecule has 0 bridgehead atoms. The monoisotopic (exact) mass is 225 g/mol. The van der Waals surface area contributed by atoms with E-state index in [9.17, 15) is 4.39 Å². The van der Waals surface area contributed by atoms with Gasteiger partial charge in [0.1, 0.15) is 5.82 Å². The van der Waals surface area contributed by atoms with Gasteiger partial charge in [-0.05, 0) is 24.3 Å². The number of halogens is 1. The van der Waals surface area contributed by atoms with Crippen molar-refractivity contribution in [2.75, 3.05) is 18.1 Å². The van der Waals surface area contributed by atoms with Crippen LogP contribution in [-0.2, 0) is 0 Å². The molecule has 0 radical (unpaired) electrons. The second-order valence-corrected chi connectivity index (χ2v) is 5.20. The van der Waals surface area contributed by atoms with Crippen LogP contribution >= 0.6 is 11.8 Å². The van der Waals surface area contributed by atoms with Gasteiger partial charge in [-0.3, -0.25) is 0 Å². The molecule has 0 spiro atoms. The molecule has 3 heteroatoms. The van der Waals surface area contributed by atoms with Crippen molar-refractivity contribution in [2.45, 2.75) is 13.0 Å². The number of hydrogen-bond acceptors (Lipinski definition) is 2. The fraction of sp³-hybridized carbons (Fsp3) is 0.500. The molecule has 2 rings (SSSR count). The summed E-state index contributed by atoms with van der Waals surface area (Å²) in [7, 11) is 0. The van der Waals surface area contributed by atoms with E-state index in [0.717, 1.165) is 23.6 Å². The van der Waals surface area contributed by atoms with Gasteiger partial charge in [0.15, 0.2) is 0 Å². The van der Waals surface area contributed by atoms with E-state index in [1.165, 1.54) is 6.07 Å². The second-order valence-electron chi connectivity index (χ2n) is 4.12. The van der Waals surface area contributed by atoms with Crippen LogP contribution in [0.15, 0.2) is 24.3 Å². The van der Waals surface area contributed by atoms with Crippen molar-refractivity contribution in [1.82, 2.24) is 5.32 Å². The van der Waals surface area contributed by atoms with Crippen LogP contribution in [0.1, 0.15) is 18.5 Å². The van der Waals surface area contributed by atoms with Crippen molar-refractivity contribution in [3.05, 3.63) is 35.6 Å². The lowest BCUT2D eigenvalue weighted by Crippen LogP contribution is -2.26. The highest BCUT2D eigenvalue weighted by Gasteiger charge is 2.19. The van der Waals surface area contributed by atoms with Gasteiger partial charge in [0.05, 0.1) is 0 Å². The van der Waals surface area contributed by atoms with Crippen molar-refractivity contribution in [1.29, 1.82) is 0 Å². The van der Waals surface area contributed by atoms with Crippen molar-refractivity contribution in [3.8, 4) is 0 Å². The second kappa shape index (κ2) is 4.99. The van der Waals surface area contributed by atoms with Crippen LogP contribution < -0.4 is 5.32 Å². The van der Waals surface area contributed by atoms with Crippen molar-refractivity contribution in [3.63, 3.8) is 0 Å². The molecular formula is C12H16FNS. The van der Waals surface area contributed by atoms with Crippen LogP contribution in [0.3, 0.4) is 0 Å². The molecule has 1 nitrogen and oxygen atoms in total. The lowest BCUT2D eigenvalue weighted by Gasteiger charge is -2.16. The number of nitrogens with one attached hydrogen (secondary N) is 1. The summed E-state index contributed by atoms with van der Waals surface area (Å²) < 4.78 is 13.6. The number of thioether (sulfide) groups is 1. The summed E-state index contributed by atoms with van der Waals surface area (Å²) in [6, 6.07) is 7.23. The van der Waals surface area contributed by atoms with Gasteiger partial charge in [-0.1, -0.05) is 25.1 Å². The molecule has 0 aliphatic carbocycles. The summed E-state index contributed by atoms with van der Waals surface area (Å²) in [5.74, 6) is 2.71. The van der Waals surface area contributed by atoms with E-state index >= 15 is 0 Å². The molecule has 1 aliphatic rings. The molecule has 1 N–H and O–H groups in total. The summed E-state index contributed by atoms with van der Waals surface area (Å²) in [5.41, 5.74) is 0.805. The van der Waals surface area contributed by atoms with Crippen molar-refractivity contribution in [2.24, 2.45) is 5.92 Å².